The number of anilines is 2. The average Bonchev–Trinajstić information content (AvgIpc) is 3.05. The van der Waals surface area contributed by atoms with Crippen molar-refractivity contribution in [3.63, 3.8) is 0 Å². The number of amides is 1. The first-order valence-electron chi connectivity index (χ1n) is 8.86. The predicted octanol–water partition coefficient (Wildman–Crippen LogP) is 3.35. The molecule has 148 valence electrons. The number of carbonyl (C=O) groups is 2. The summed E-state index contributed by atoms with van der Waals surface area (Å²) in [6.45, 7) is 0. The molecule has 0 radical (unpaired) electrons. The van der Waals surface area contributed by atoms with Gasteiger partial charge in [0.2, 0.25) is 5.91 Å². The normalized spacial score (nSPS) is 16.9. The summed E-state index contributed by atoms with van der Waals surface area (Å²) >= 11 is 6.16. The standard InChI is InChI=1S/C19H20ClN3O4S/c1-28(26,27)17-6-4-14(11-16(17)20)23(18-12-21-8-9-22-18)19(25)7-3-13-2-5-15(24)10-13/h4,6,8-9,11-13H,2-3,5,7,10H2,1H3. The van der Waals surface area contributed by atoms with Crippen LogP contribution in [0.3, 0.4) is 0 Å². The summed E-state index contributed by atoms with van der Waals surface area (Å²) in [6.07, 6.45) is 8.25. The van der Waals surface area contributed by atoms with Crippen molar-refractivity contribution in [2.75, 3.05) is 11.2 Å². The van der Waals surface area contributed by atoms with E-state index in [1.165, 1.54) is 41.7 Å². The summed E-state index contributed by atoms with van der Waals surface area (Å²) < 4.78 is 23.6. The maximum atomic E-state index is 13.0. The van der Waals surface area contributed by atoms with Gasteiger partial charge in [-0.25, -0.2) is 13.4 Å². The molecule has 1 heterocycles. The number of aromatic nitrogens is 2. The molecule has 3 rings (SSSR count). The van der Waals surface area contributed by atoms with Gasteiger partial charge in [-0.2, -0.15) is 0 Å². The lowest BCUT2D eigenvalue weighted by Gasteiger charge is -2.23. The van der Waals surface area contributed by atoms with Gasteiger partial charge in [0, 0.05) is 37.9 Å². The topological polar surface area (TPSA) is 97.3 Å². The van der Waals surface area contributed by atoms with E-state index in [4.69, 9.17) is 11.6 Å². The van der Waals surface area contributed by atoms with Crippen molar-refractivity contribution in [1.29, 1.82) is 0 Å². The minimum atomic E-state index is -3.48. The first-order valence-corrected chi connectivity index (χ1v) is 11.1. The lowest BCUT2D eigenvalue weighted by molar-refractivity contribution is -0.119. The van der Waals surface area contributed by atoms with Gasteiger partial charge in [0.1, 0.15) is 5.78 Å². The number of hydrogen-bond donors (Lipinski definition) is 0. The molecule has 9 heteroatoms. The van der Waals surface area contributed by atoms with Gasteiger partial charge in [-0.3, -0.25) is 19.5 Å². The van der Waals surface area contributed by atoms with Gasteiger partial charge >= 0.3 is 0 Å². The number of benzene rings is 1. The Labute approximate surface area is 168 Å². The molecule has 1 aliphatic carbocycles. The minimum Gasteiger partial charge on any atom is -0.300 e. The third kappa shape index (κ3) is 4.74. The first kappa shape index (κ1) is 20.4. The van der Waals surface area contributed by atoms with Crippen molar-refractivity contribution in [3.05, 3.63) is 41.8 Å². The van der Waals surface area contributed by atoms with E-state index in [2.05, 4.69) is 9.97 Å². The largest absolute Gasteiger partial charge is 0.300 e. The van der Waals surface area contributed by atoms with Crippen LogP contribution in [0.2, 0.25) is 5.02 Å². The molecule has 0 bridgehead atoms. The van der Waals surface area contributed by atoms with Crippen LogP contribution in [-0.2, 0) is 19.4 Å². The van der Waals surface area contributed by atoms with Gasteiger partial charge in [-0.05, 0) is 37.0 Å². The van der Waals surface area contributed by atoms with Crippen LogP contribution in [0.1, 0.15) is 32.1 Å². The van der Waals surface area contributed by atoms with Crippen LogP contribution in [0.4, 0.5) is 11.5 Å². The predicted molar refractivity (Wildman–Crippen MR) is 105 cm³/mol. The van der Waals surface area contributed by atoms with Crippen LogP contribution in [0.15, 0.2) is 41.7 Å². The highest BCUT2D eigenvalue weighted by molar-refractivity contribution is 7.90. The number of Topliss-reactive ketones (excluding diaryl/α,β-unsaturated/α-hetero) is 1. The Morgan fingerprint density at radius 2 is 2.11 bits per heavy atom. The number of ketones is 1. The van der Waals surface area contributed by atoms with E-state index in [9.17, 15) is 18.0 Å². The van der Waals surface area contributed by atoms with Crippen molar-refractivity contribution in [2.45, 2.75) is 37.0 Å². The van der Waals surface area contributed by atoms with Crippen molar-refractivity contribution in [2.24, 2.45) is 5.92 Å². The van der Waals surface area contributed by atoms with Crippen molar-refractivity contribution < 1.29 is 18.0 Å². The highest BCUT2D eigenvalue weighted by Gasteiger charge is 2.26. The van der Waals surface area contributed by atoms with E-state index in [0.717, 1.165) is 12.7 Å². The van der Waals surface area contributed by atoms with Crippen LogP contribution >= 0.6 is 11.6 Å². The van der Waals surface area contributed by atoms with Crippen molar-refractivity contribution >= 4 is 44.6 Å². The smallest absolute Gasteiger partial charge is 0.232 e. The van der Waals surface area contributed by atoms with Crippen LogP contribution in [-0.4, -0.2) is 36.3 Å². The molecule has 0 saturated heterocycles. The Morgan fingerprint density at radius 3 is 2.68 bits per heavy atom. The van der Waals surface area contributed by atoms with Crippen LogP contribution < -0.4 is 4.90 Å². The molecular formula is C19H20ClN3O4S. The molecule has 1 unspecified atom stereocenters. The molecule has 1 aromatic carbocycles. The minimum absolute atomic E-state index is 0.00562. The average molecular weight is 422 g/mol. The van der Waals surface area contributed by atoms with E-state index in [-0.39, 0.29) is 33.9 Å². The van der Waals surface area contributed by atoms with E-state index in [0.29, 0.717) is 30.8 Å². The summed E-state index contributed by atoms with van der Waals surface area (Å²) in [5.41, 5.74) is 0.408. The Kier molecular flexibility index (Phi) is 6.10. The van der Waals surface area contributed by atoms with E-state index < -0.39 is 9.84 Å². The first-order chi connectivity index (χ1) is 13.3. The number of sulfone groups is 1. The quantitative estimate of drug-likeness (QED) is 0.709. The molecule has 1 fully saturated rings. The fourth-order valence-corrected chi connectivity index (χ4v) is 4.64. The highest BCUT2D eigenvalue weighted by atomic mass is 35.5. The molecule has 28 heavy (non-hydrogen) atoms. The highest BCUT2D eigenvalue weighted by Crippen LogP contribution is 2.32. The molecule has 0 spiro atoms. The zero-order chi connectivity index (χ0) is 20.3. The number of rotatable bonds is 6. The third-order valence-electron chi connectivity index (χ3n) is 4.72. The van der Waals surface area contributed by atoms with Crippen LogP contribution in [0.25, 0.3) is 0 Å². The fraction of sp³-hybridized carbons (Fsp3) is 0.368. The molecule has 7 nitrogen and oxygen atoms in total. The van der Waals surface area contributed by atoms with Gasteiger partial charge in [-0.15, -0.1) is 0 Å². The van der Waals surface area contributed by atoms with E-state index in [1.807, 2.05) is 0 Å². The maximum Gasteiger partial charge on any atom is 0.232 e. The Bertz CT molecular complexity index is 995. The monoisotopic (exact) mass is 421 g/mol. The second kappa shape index (κ2) is 8.36. The van der Waals surface area contributed by atoms with Crippen LogP contribution in [0.5, 0.6) is 0 Å². The SMILES string of the molecule is CS(=O)(=O)c1ccc(N(C(=O)CCC2CCC(=O)C2)c2cnccn2)cc1Cl. The van der Waals surface area contributed by atoms with Crippen molar-refractivity contribution in [3.8, 4) is 0 Å². The summed E-state index contributed by atoms with van der Waals surface area (Å²) in [7, 11) is -3.48. The number of halogens is 1. The zero-order valence-corrected chi connectivity index (χ0v) is 16.9. The fourth-order valence-electron chi connectivity index (χ4n) is 3.32. The molecule has 1 saturated carbocycles. The summed E-state index contributed by atoms with van der Waals surface area (Å²) in [6, 6.07) is 4.33. The number of nitrogens with zero attached hydrogens (tertiary/aromatic N) is 3. The van der Waals surface area contributed by atoms with Gasteiger partial charge in [0.25, 0.3) is 0 Å². The second-order valence-electron chi connectivity index (χ2n) is 6.87. The second-order valence-corrected chi connectivity index (χ2v) is 9.26. The third-order valence-corrected chi connectivity index (χ3v) is 6.30. The maximum absolute atomic E-state index is 13.0. The molecule has 2 aromatic rings. The molecule has 1 aliphatic rings. The van der Waals surface area contributed by atoms with Gasteiger partial charge in [0.15, 0.2) is 15.7 Å². The number of carbonyl (C=O) groups excluding carboxylic acids is 2. The van der Waals surface area contributed by atoms with E-state index >= 15 is 0 Å². The molecule has 1 aromatic heterocycles. The Hall–Kier alpha value is -2.32. The van der Waals surface area contributed by atoms with Gasteiger partial charge < -0.3 is 0 Å². The van der Waals surface area contributed by atoms with Gasteiger partial charge in [0.05, 0.1) is 21.8 Å². The molecule has 1 amide bonds. The van der Waals surface area contributed by atoms with Crippen LogP contribution in [0, 0.1) is 5.92 Å². The Balaban J connectivity index is 1.88. The molecule has 0 aliphatic heterocycles. The summed E-state index contributed by atoms with van der Waals surface area (Å²) in [4.78, 5) is 34.0. The summed E-state index contributed by atoms with van der Waals surface area (Å²) in [5, 5.41) is 0.0306. The summed E-state index contributed by atoms with van der Waals surface area (Å²) in [5.74, 6) is 0.559. The van der Waals surface area contributed by atoms with Crippen molar-refractivity contribution in [1.82, 2.24) is 9.97 Å². The van der Waals surface area contributed by atoms with E-state index in [1.54, 1.807) is 0 Å². The lowest BCUT2D eigenvalue weighted by atomic mass is 10.0. The molecular weight excluding hydrogens is 402 g/mol. The lowest BCUT2D eigenvalue weighted by Crippen LogP contribution is -2.27. The molecule has 1 atom stereocenters. The molecule has 0 N–H and O–H groups in total. The number of hydrogen-bond acceptors (Lipinski definition) is 6. The Morgan fingerprint density at radius 1 is 1.32 bits per heavy atom. The zero-order valence-electron chi connectivity index (χ0n) is 15.3. The van der Waals surface area contributed by atoms with Gasteiger partial charge in [-0.1, -0.05) is 11.6 Å².